The number of carbonyl (C=O) groups excluding carboxylic acids is 1. The lowest BCUT2D eigenvalue weighted by atomic mass is 10.2. The van der Waals surface area contributed by atoms with E-state index in [0.717, 1.165) is 6.42 Å². The zero-order valence-electron chi connectivity index (χ0n) is 11.3. The Morgan fingerprint density at radius 3 is 2.70 bits per heavy atom. The van der Waals surface area contributed by atoms with Gasteiger partial charge < -0.3 is 10.6 Å². The molecule has 6 heteroatoms. The van der Waals surface area contributed by atoms with E-state index in [2.05, 4.69) is 5.10 Å². The van der Waals surface area contributed by atoms with Crippen LogP contribution in [0.1, 0.15) is 16.9 Å². The second kappa shape index (κ2) is 6.29. The molecule has 0 bridgehead atoms. The fourth-order valence-electron chi connectivity index (χ4n) is 1.81. The Bertz CT molecular complexity index is 579. The Hall–Kier alpha value is -2.21. The molecule has 0 aliphatic rings. The van der Waals surface area contributed by atoms with Gasteiger partial charge in [0.05, 0.1) is 0 Å². The number of amides is 1. The predicted molar refractivity (Wildman–Crippen MR) is 75.0 cm³/mol. The molecule has 1 aromatic heterocycles. The average Bonchev–Trinajstić information content (AvgIpc) is 2.93. The van der Waals surface area contributed by atoms with Crippen LogP contribution >= 0.6 is 0 Å². The fraction of sp³-hybridized carbons (Fsp3) is 0.286. The van der Waals surface area contributed by atoms with Crippen LogP contribution in [0.2, 0.25) is 0 Å². The summed E-state index contributed by atoms with van der Waals surface area (Å²) in [6.07, 6.45) is 2.56. The van der Waals surface area contributed by atoms with Crippen LogP contribution in [0.5, 0.6) is 0 Å². The van der Waals surface area contributed by atoms with Crippen LogP contribution in [0, 0.1) is 5.82 Å². The standard InChI is InChI=1S/C14H17FN4O/c1-18(12-5-3-11(15)4-6-12)14(20)13-7-10-19(17-13)9-2-8-16/h3-7,10H,2,8-9,16H2,1H3. The summed E-state index contributed by atoms with van der Waals surface area (Å²) in [5, 5.41) is 4.21. The van der Waals surface area contributed by atoms with Gasteiger partial charge in [-0.05, 0) is 43.3 Å². The first-order valence-electron chi connectivity index (χ1n) is 6.39. The highest BCUT2D eigenvalue weighted by Crippen LogP contribution is 2.15. The molecule has 2 N–H and O–H groups in total. The molecule has 0 aliphatic carbocycles. The van der Waals surface area contributed by atoms with Crippen molar-refractivity contribution in [2.24, 2.45) is 5.73 Å². The number of benzene rings is 1. The summed E-state index contributed by atoms with van der Waals surface area (Å²) in [6, 6.07) is 7.41. The second-order valence-electron chi connectivity index (χ2n) is 4.45. The topological polar surface area (TPSA) is 64.2 Å². The van der Waals surface area contributed by atoms with Crippen molar-refractivity contribution >= 4 is 11.6 Å². The summed E-state index contributed by atoms with van der Waals surface area (Å²) in [5.41, 5.74) is 6.41. The van der Waals surface area contributed by atoms with Crippen molar-refractivity contribution < 1.29 is 9.18 Å². The highest BCUT2D eigenvalue weighted by Gasteiger charge is 2.16. The lowest BCUT2D eigenvalue weighted by Gasteiger charge is -2.15. The summed E-state index contributed by atoms with van der Waals surface area (Å²) < 4.78 is 14.6. The quantitative estimate of drug-likeness (QED) is 0.903. The molecule has 1 heterocycles. The van der Waals surface area contributed by atoms with Crippen molar-refractivity contribution in [2.45, 2.75) is 13.0 Å². The van der Waals surface area contributed by atoms with E-state index in [1.807, 2.05) is 0 Å². The summed E-state index contributed by atoms with van der Waals surface area (Å²) in [5.74, 6) is -0.566. The predicted octanol–water partition coefficient (Wildman–Crippen LogP) is 1.65. The molecule has 106 valence electrons. The van der Waals surface area contributed by atoms with Gasteiger partial charge in [-0.15, -0.1) is 0 Å². The minimum absolute atomic E-state index is 0.233. The van der Waals surface area contributed by atoms with Gasteiger partial charge in [-0.3, -0.25) is 9.48 Å². The molecule has 0 radical (unpaired) electrons. The number of halogens is 1. The molecule has 0 fully saturated rings. The van der Waals surface area contributed by atoms with E-state index in [-0.39, 0.29) is 11.7 Å². The normalized spacial score (nSPS) is 10.6. The number of nitrogens with two attached hydrogens (primary N) is 1. The Labute approximate surface area is 116 Å². The molecular formula is C14H17FN4O. The number of aromatic nitrogens is 2. The van der Waals surface area contributed by atoms with Crippen LogP contribution in [-0.4, -0.2) is 29.3 Å². The highest BCUT2D eigenvalue weighted by molar-refractivity contribution is 6.04. The molecule has 1 amide bonds. The van der Waals surface area contributed by atoms with Crippen LogP contribution in [-0.2, 0) is 6.54 Å². The first kappa shape index (κ1) is 14.2. The molecule has 1 aromatic carbocycles. The van der Waals surface area contributed by atoms with Gasteiger partial charge in [0.2, 0.25) is 0 Å². The van der Waals surface area contributed by atoms with E-state index in [1.165, 1.54) is 17.0 Å². The smallest absolute Gasteiger partial charge is 0.278 e. The van der Waals surface area contributed by atoms with Crippen LogP contribution in [0.25, 0.3) is 0 Å². The van der Waals surface area contributed by atoms with E-state index in [9.17, 15) is 9.18 Å². The number of hydrogen-bond donors (Lipinski definition) is 1. The van der Waals surface area contributed by atoms with Crippen molar-refractivity contribution in [3.63, 3.8) is 0 Å². The van der Waals surface area contributed by atoms with Gasteiger partial charge in [0, 0.05) is 25.5 Å². The van der Waals surface area contributed by atoms with Crippen molar-refractivity contribution in [3.8, 4) is 0 Å². The summed E-state index contributed by atoms with van der Waals surface area (Å²) in [6.45, 7) is 1.27. The molecule has 5 nitrogen and oxygen atoms in total. The van der Waals surface area contributed by atoms with Crippen molar-refractivity contribution in [2.75, 3.05) is 18.5 Å². The van der Waals surface area contributed by atoms with E-state index < -0.39 is 0 Å². The monoisotopic (exact) mass is 276 g/mol. The Balaban J connectivity index is 2.10. The second-order valence-corrected chi connectivity index (χ2v) is 4.45. The lowest BCUT2D eigenvalue weighted by Crippen LogP contribution is -2.26. The number of rotatable bonds is 5. The Morgan fingerprint density at radius 2 is 2.05 bits per heavy atom. The molecular weight excluding hydrogens is 259 g/mol. The van der Waals surface area contributed by atoms with Crippen LogP contribution in [0.15, 0.2) is 36.5 Å². The van der Waals surface area contributed by atoms with Crippen molar-refractivity contribution in [1.29, 1.82) is 0 Å². The van der Waals surface area contributed by atoms with Gasteiger partial charge in [-0.2, -0.15) is 5.10 Å². The van der Waals surface area contributed by atoms with Gasteiger partial charge in [0.25, 0.3) is 5.91 Å². The van der Waals surface area contributed by atoms with E-state index >= 15 is 0 Å². The molecule has 2 aromatic rings. The number of carbonyl (C=O) groups is 1. The van der Waals surface area contributed by atoms with Crippen LogP contribution in [0.4, 0.5) is 10.1 Å². The average molecular weight is 276 g/mol. The number of aryl methyl sites for hydroxylation is 1. The zero-order valence-corrected chi connectivity index (χ0v) is 11.3. The summed E-state index contributed by atoms with van der Waals surface area (Å²) in [7, 11) is 1.63. The van der Waals surface area contributed by atoms with Gasteiger partial charge in [0.1, 0.15) is 5.82 Å². The van der Waals surface area contributed by atoms with E-state index in [4.69, 9.17) is 5.73 Å². The summed E-state index contributed by atoms with van der Waals surface area (Å²) in [4.78, 5) is 13.7. The third kappa shape index (κ3) is 3.21. The summed E-state index contributed by atoms with van der Waals surface area (Å²) >= 11 is 0. The fourth-order valence-corrected chi connectivity index (χ4v) is 1.81. The number of hydrogen-bond acceptors (Lipinski definition) is 3. The lowest BCUT2D eigenvalue weighted by molar-refractivity contribution is 0.0987. The SMILES string of the molecule is CN(C(=O)c1ccn(CCCN)n1)c1ccc(F)cc1. The molecule has 0 saturated carbocycles. The molecule has 0 aliphatic heterocycles. The molecule has 0 unspecified atom stereocenters. The maximum atomic E-state index is 12.9. The highest BCUT2D eigenvalue weighted by atomic mass is 19.1. The minimum atomic E-state index is -0.333. The Kier molecular flexibility index (Phi) is 4.47. The molecule has 0 spiro atoms. The first-order chi connectivity index (χ1) is 9.61. The van der Waals surface area contributed by atoms with Crippen molar-refractivity contribution in [1.82, 2.24) is 9.78 Å². The van der Waals surface area contributed by atoms with Gasteiger partial charge in [-0.1, -0.05) is 0 Å². The molecule has 0 saturated heterocycles. The van der Waals surface area contributed by atoms with E-state index in [1.54, 1.807) is 36.1 Å². The molecule has 20 heavy (non-hydrogen) atoms. The minimum Gasteiger partial charge on any atom is -0.330 e. The maximum Gasteiger partial charge on any atom is 0.278 e. The van der Waals surface area contributed by atoms with Crippen LogP contribution in [0.3, 0.4) is 0 Å². The number of nitrogens with zero attached hydrogens (tertiary/aromatic N) is 3. The van der Waals surface area contributed by atoms with Crippen molar-refractivity contribution in [3.05, 3.63) is 48.0 Å². The van der Waals surface area contributed by atoms with Crippen LogP contribution < -0.4 is 10.6 Å². The molecule has 2 rings (SSSR count). The molecule has 0 atom stereocenters. The first-order valence-corrected chi connectivity index (χ1v) is 6.39. The van der Waals surface area contributed by atoms with Gasteiger partial charge in [-0.25, -0.2) is 4.39 Å². The zero-order chi connectivity index (χ0) is 14.5. The largest absolute Gasteiger partial charge is 0.330 e. The maximum absolute atomic E-state index is 12.9. The van der Waals surface area contributed by atoms with Gasteiger partial charge in [0.15, 0.2) is 5.69 Å². The van der Waals surface area contributed by atoms with Gasteiger partial charge >= 0.3 is 0 Å². The number of anilines is 1. The Morgan fingerprint density at radius 1 is 1.35 bits per heavy atom. The third-order valence-electron chi connectivity index (χ3n) is 2.97. The van der Waals surface area contributed by atoms with E-state index in [0.29, 0.717) is 24.5 Å². The third-order valence-corrected chi connectivity index (χ3v) is 2.97.